The summed E-state index contributed by atoms with van der Waals surface area (Å²) in [5.74, 6) is -0.632. The van der Waals surface area contributed by atoms with Crippen LogP contribution in [0.4, 0.5) is 0 Å². The van der Waals surface area contributed by atoms with Crippen LogP contribution in [0.15, 0.2) is 24.3 Å². The van der Waals surface area contributed by atoms with Crippen molar-refractivity contribution in [2.45, 2.75) is 6.92 Å². The zero-order valence-electron chi connectivity index (χ0n) is 6.28. The lowest BCUT2D eigenvalue weighted by Gasteiger charge is -1.87. The van der Waals surface area contributed by atoms with Crippen molar-refractivity contribution in [3.63, 3.8) is 0 Å². The molecule has 1 aromatic rings. The molecule has 0 bridgehead atoms. The van der Waals surface area contributed by atoms with Gasteiger partial charge < -0.3 is 10.2 Å². The molecule has 0 aliphatic heterocycles. The highest BCUT2D eigenvalue weighted by molar-refractivity contribution is 5.27. The van der Waals surface area contributed by atoms with Gasteiger partial charge in [0.05, 0.1) is 5.22 Å². The predicted molar refractivity (Wildman–Crippen MR) is 44.5 cm³/mol. The minimum absolute atomic E-state index is 0.440. The zero-order valence-corrected chi connectivity index (χ0v) is 6.28. The van der Waals surface area contributed by atoms with Gasteiger partial charge in [-0.2, -0.15) is 0 Å². The summed E-state index contributed by atoms with van der Waals surface area (Å²) >= 11 is 0. The summed E-state index contributed by atoms with van der Waals surface area (Å²) in [6.07, 6.45) is 1.94. The normalized spacial score (nSPS) is 9.18. The van der Waals surface area contributed by atoms with Crippen LogP contribution in [-0.4, -0.2) is 10.2 Å². The Morgan fingerprint density at radius 3 is 2.09 bits per heavy atom. The van der Waals surface area contributed by atoms with E-state index in [1.807, 2.05) is 25.1 Å². The summed E-state index contributed by atoms with van der Waals surface area (Å²) in [6.45, 7) is 1.93. The molecule has 0 fully saturated rings. The van der Waals surface area contributed by atoms with Crippen LogP contribution in [0, 0.1) is 0 Å². The molecule has 2 nitrogen and oxygen atoms in total. The molecule has 2 heteroatoms. The Balaban J connectivity index is 3.34. The zero-order chi connectivity index (χ0) is 8.27. The van der Waals surface area contributed by atoms with Gasteiger partial charge in [0.2, 0.25) is 0 Å². The molecular formula is C9H10O2. The van der Waals surface area contributed by atoms with Crippen molar-refractivity contribution in [3.05, 3.63) is 34.7 Å². The number of hydrogen-bond donors (Lipinski definition) is 2. The third kappa shape index (κ3) is 1.74. The maximum Gasteiger partial charge on any atom is 0.281 e. The van der Waals surface area contributed by atoms with Gasteiger partial charge in [-0.15, -0.1) is 0 Å². The molecule has 0 aliphatic carbocycles. The summed E-state index contributed by atoms with van der Waals surface area (Å²) in [5, 5.41) is 18.8. The van der Waals surface area contributed by atoms with Crippen molar-refractivity contribution in [2.75, 3.05) is 0 Å². The highest BCUT2D eigenvalue weighted by Crippen LogP contribution is 1.75. The number of hydrogen-bond acceptors (Lipinski definition) is 2. The van der Waals surface area contributed by atoms with Gasteiger partial charge in [-0.25, -0.2) is 0 Å². The van der Waals surface area contributed by atoms with Crippen LogP contribution in [0.2, 0.25) is 0 Å². The van der Waals surface area contributed by atoms with Gasteiger partial charge >= 0.3 is 0 Å². The molecule has 0 aromatic heterocycles. The predicted octanol–water partition coefficient (Wildman–Crippen LogP) is 0.669. The third-order valence-electron chi connectivity index (χ3n) is 1.50. The summed E-state index contributed by atoms with van der Waals surface area (Å²) < 4.78 is 0. The highest BCUT2D eigenvalue weighted by atomic mass is 16.5. The standard InChI is InChI=1S/C9H10O2/c1-2-7-3-5-8(6-4-7)9(10)11/h2-6,10-11H,1H3. The van der Waals surface area contributed by atoms with Crippen molar-refractivity contribution in [1.82, 2.24) is 0 Å². The third-order valence-corrected chi connectivity index (χ3v) is 1.50. The Hall–Kier alpha value is -1.44. The molecule has 0 atom stereocenters. The van der Waals surface area contributed by atoms with Gasteiger partial charge in [0, 0.05) is 0 Å². The van der Waals surface area contributed by atoms with Gasteiger partial charge in [-0.3, -0.25) is 0 Å². The SMILES string of the molecule is CC=c1ccc(=C(O)O)cc1. The Labute approximate surface area is 64.7 Å². The summed E-state index contributed by atoms with van der Waals surface area (Å²) in [5.41, 5.74) is 0. The van der Waals surface area contributed by atoms with E-state index in [0.717, 1.165) is 5.22 Å². The maximum absolute atomic E-state index is 8.65. The molecule has 0 spiro atoms. The van der Waals surface area contributed by atoms with Crippen LogP contribution < -0.4 is 10.4 Å². The maximum atomic E-state index is 8.65. The van der Waals surface area contributed by atoms with Crippen molar-refractivity contribution in [2.24, 2.45) is 0 Å². The Bertz CT molecular complexity index is 325. The molecule has 0 saturated heterocycles. The van der Waals surface area contributed by atoms with Crippen LogP contribution in [-0.2, 0) is 0 Å². The smallest absolute Gasteiger partial charge is 0.281 e. The second-order valence-corrected chi connectivity index (χ2v) is 2.23. The quantitative estimate of drug-likeness (QED) is 0.570. The first-order valence-corrected chi connectivity index (χ1v) is 3.38. The van der Waals surface area contributed by atoms with Crippen molar-refractivity contribution < 1.29 is 10.2 Å². The van der Waals surface area contributed by atoms with Gasteiger partial charge in [0.1, 0.15) is 0 Å². The average molecular weight is 150 g/mol. The van der Waals surface area contributed by atoms with E-state index in [1.165, 1.54) is 0 Å². The van der Waals surface area contributed by atoms with E-state index in [9.17, 15) is 0 Å². The van der Waals surface area contributed by atoms with Gasteiger partial charge in [-0.05, 0) is 24.3 Å². The first kappa shape index (κ1) is 7.66. The molecule has 58 valence electrons. The topological polar surface area (TPSA) is 40.5 Å². The second kappa shape index (κ2) is 3.10. The van der Waals surface area contributed by atoms with Crippen molar-refractivity contribution >= 4 is 12.0 Å². The molecule has 0 amide bonds. The lowest BCUT2D eigenvalue weighted by molar-refractivity contribution is 0.298. The molecule has 1 rings (SSSR count). The average Bonchev–Trinajstić information content (AvgIpc) is 2.05. The fourth-order valence-corrected chi connectivity index (χ4v) is 0.825. The molecule has 1 aromatic carbocycles. The van der Waals surface area contributed by atoms with Crippen LogP contribution in [0.5, 0.6) is 0 Å². The molecule has 0 aliphatic rings. The first-order valence-electron chi connectivity index (χ1n) is 3.38. The minimum atomic E-state index is -0.632. The summed E-state index contributed by atoms with van der Waals surface area (Å²) in [6, 6.07) is 6.96. The Kier molecular flexibility index (Phi) is 2.16. The molecule has 2 N–H and O–H groups in total. The minimum Gasteiger partial charge on any atom is -0.481 e. The lowest BCUT2D eigenvalue weighted by atomic mass is 10.2. The number of aliphatic hydroxyl groups is 2. The number of benzene rings is 1. The van der Waals surface area contributed by atoms with Gasteiger partial charge in [-0.1, -0.05) is 18.2 Å². The van der Waals surface area contributed by atoms with Gasteiger partial charge in [0.15, 0.2) is 0 Å². The summed E-state index contributed by atoms with van der Waals surface area (Å²) in [7, 11) is 0. The molecular weight excluding hydrogens is 140 g/mol. The van der Waals surface area contributed by atoms with E-state index in [-0.39, 0.29) is 0 Å². The monoisotopic (exact) mass is 150 g/mol. The van der Waals surface area contributed by atoms with E-state index >= 15 is 0 Å². The Morgan fingerprint density at radius 1 is 1.18 bits per heavy atom. The molecule has 0 radical (unpaired) electrons. The highest BCUT2D eigenvalue weighted by Gasteiger charge is 1.85. The van der Waals surface area contributed by atoms with E-state index in [1.54, 1.807) is 12.1 Å². The van der Waals surface area contributed by atoms with Crippen molar-refractivity contribution in [3.8, 4) is 0 Å². The molecule has 0 unspecified atom stereocenters. The molecule has 0 heterocycles. The molecule has 11 heavy (non-hydrogen) atoms. The first-order chi connectivity index (χ1) is 5.24. The fraction of sp³-hybridized carbons (Fsp3) is 0.111. The van der Waals surface area contributed by atoms with Gasteiger partial charge in [0.25, 0.3) is 5.95 Å². The van der Waals surface area contributed by atoms with E-state index in [2.05, 4.69) is 0 Å². The second-order valence-electron chi connectivity index (χ2n) is 2.23. The van der Waals surface area contributed by atoms with Crippen LogP contribution >= 0.6 is 0 Å². The fourth-order valence-electron chi connectivity index (χ4n) is 0.825. The summed E-state index contributed by atoms with van der Waals surface area (Å²) in [4.78, 5) is 0. The van der Waals surface area contributed by atoms with E-state index in [0.29, 0.717) is 5.22 Å². The largest absolute Gasteiger partial charge is 0.481 e. The number of rotatable bonds is 0. The molecule has 0 saturated carbocycles. The van der Waals surface area contributed by atoms with Crippen molar-refractivity contribution in [1.29, 1.82) is 0 Å². The van der Waals surface area contributed by atoms with Crippen LogP contribution in [0.25, 0.3) is 12.0 Å². The van der Waals surface area contributed by atoms with Crippen LogP contribution in [0.1, 0.15) is 6.92 Å². The lowest BCUT2D eigenvalue weighted by Crippen LogP contribution is -2.09. The van der Waals surface area contributed by atoms with E-state index in [4.69, 9.17) is 10.2 Å². The number of aliphatic hydroxyl groups excluding tert-OH is 1. The Morgan fingerprint density at radius 2 is 1.73 bits per heavy atom. The van der Waals surface area contributed by atoms with Crippen LogP contribution in [0.3, 0.4) is 0 Å². The van der Waals surface area contributed by atoms with E-state index < -0.39 is 5.95 Å².